The van der Waals surface area contributed by atoms with Gasteiger partial charge in [0.05, 0.1) is 19.6 Å². The Hall–Kier alpha value is -3.02. The molecule has 0 atom stereocenters. The van der Waals surface area contributed by atoms with Gasteiger partial charge in [0.1, 0.15) is 12.7 Å². The normalized spacial score (nSPS) is 16.4. The Bertz CT molecular complexity index is 1080. The van der Waals surface area contributed by atoms with Crippen LogP contribution in [-0.2, 0) is 16.0 Å². The van der Waals surface area contributed by atoms with Crippen molar-refractivity contribution in [1.29, 1.82) is 0 Å². The molecule has 188 valence electrons. The van der Waals surface area contributed by atoms with Gasteiger partial charge in [-0.25, -0.2) is 0 Å². The summed E-state index contributed by atoms with van der Waals surface area (Å²) in [5, 5.41) is 0. The third kappa shape index (κ3) is 5.31. The SMILES string of the molecule is COc1ccc(-c2cccc3c2CCC3=O)c(OCC(C)(C)C(=O)OC2CCCCCC2)c1OC. The van der Waals surface area contributed by atoms with E-state index in [0.717, 1.165) is 47.9 Å². The van der Waals surface area contributed by atoms with Gasteiger partial charge in [-0.15, -0.1) is 0 Å². The zero-order valence-electron chi connectivity index (χ0n) is 21.3. The molecule has 0 radical (unpaired) electrons. The largest absolute Gasteiger partial charge is 0.493 e. The fourth-order valence-electron chi connectivity index (χ4n) is 4.98. The minimum Gasteiger partial charge on any atom is -0.493 e. The molecule has 35 heavy (non-hydrogen) atoms. The smallest absolute Gasteiger partial charge is 0.315 e. The van der Waals surface area contributed by atoms with Crippen LogP contribution in [0.3, 0.4) is 0 Å². The van der Waals surface area contributed by atoms with E-state index in [1.165, 1.54) is 12.8 Å². The third-order valence-electron chi connectivity index (χ3n) is 7.07. The van der Waals surface area contributed by atoms with Crippen molar-refractivity contribution in [2.45, 2.75) is 71.3 Å². The van der Waals surface area contributed by atoms with E-state index >= 15 is 0 Å². The van der Waals surface area contributed by atoms with Crippen molar-refractivity contribution in [3.8, 4) is 28.4 Å². The molecule has 0 aliphatic heterocycles. The first-order valence-corrected chi connectivity index (χ1v) is 12.6. The molecule has 0 spiro atoms. The molecule has 4 rings (SSSR count). The van der Waals surface area contributed by atoms with Crippen molar-refractivity contribution in [2.24, 2.45) is 5.41 Å². The number of hydrogen-bond donors (Lipinski definition) is 0. The molecular formula is C29H36O6. The molecule has 6 nitrogen and oxygen atoms in total. The van der Waals surface area contributed by atoms with Crippen LogP contribution < -0.4 is 14.2 Å². The predicted molar refractivity (Wildman–Crippen MR) is 134 cm³/mol. The molecule has 0 heterocycles. The lowest BCUT2D eigenvalue weighted by molar-refractivity contribution is -0.161. The molecule has 1 fully saturated rings. The van der Waals surface area contributed by atoms with Crippen molar-refractivity contribution < 1.29 is 28.5 Å². The van der Waals surface area contributed by atoms with Crippen LogP contribution in [-0.4, -0.2) is 38.7 Å². The summed E-state index contributed by atoms with van der Waals surface area (Å²) in [6, 6.07) is 9.53. The third-order valence-corrected chi connectivity index (χ3v) is 7.07. The van der Waals surface area contributed by atoms with Crippen LogP contribution in [0.25, 0.3) is 11.1 Å². The molecule has 2 aromatic rings. The standard InChI is InChI=1S/C29H36O6/c1-29(2,28(31)35-19-10-7-5-6-8-11-19)18-34-26-23(15-17-25(32-3)27(26)33-4)20-12-9-13-22-21(20)14-16-24(22)30/h9,12-13,15,17,19H,5-8,10-11,14,16,18H2,1-4H3. The van der Waals surface area contributed by atoms with Gasteiger partial charge in [0.25, 0.3) is 0 Å². The quantitative estimate of drug-likeness (QED) is 0.332. The fraction of sp³-hybridized carbons (Fsp3) is 0.517. The first-order valence-electron chi connectivity index (χ1n) is 12.6. The van der Waals surface area contributed by atoms with Crippen LogP contribution in [0.15, 0.2) is 30.3 Å². The Morgan fingerprint density at radius 2 is 1.60 bits per heavy atom. The summed E-state index contributed by atoms with van der Waals surface area (Å²) in [7, 11) is 3.15. The van der Waals surface area contributed by atoms with Gasteiger partial charge in [-0.05, 0) is 69.2 Å². The molecule has 1 saturated carbocycles. The average molecular weight is 481 g/mol. The Kier molecular flexibility index (Phi) is 7.68. The van der Waals surface area contributed by atoms with Gasteiger partial charge < -0.3 is 18.9 Å². The van der Waals surface area contributed by atoms with E-state index in [1.807, 2.05) is 44.2 Å². The number of ether oxygens (including phenoxy) is 4. The minimum absolute atomic E-state index is 0.0179. The van der Waals surface area contributed by atoms with Crippen LogP contribution in [0.1, 0.15) is 74.7 Å². The van der Waals surface area contributed by atoms with E-state index in [1.54, 1.807) is 14.2 Å². The summed E-state index contributed by atoms with van der Waals surface area (Å²) in [6.07, 6.45) is 7.64. The summed E-state index contributed by atoms with van der Waals surface area (Å²) in [5.74, 6) is 1.40. The van der Waals surface area contributed by atoms with E-state index in [4.69, 9.17) is 18.9 Å². The molecule has 0 N–H and O–H groups in total. The molecule has 2 aliphatic rings. The Balaban J connectivity index is 1.62. The lowest BCUT2D eigenvalue weighted by Gasteiger charge is -2.27. The van der Waals surface area contributed by atoms with Gasteiger partial charge in [0, 0.05) is 17.5 Å². The van der Waals surface area contributed by atoms with Gasteiger partial charge in [-0.2, -0.15) is 0 Å². The van der Waals surface area contributed by atoms with Crippen molar-refractivity contribution in [3.05, 3.63) is 41.5 Å². The monoisotopic (exact) mass is 480 g/mol. The lowest BCUT2D eigenvalue weighted by atomic mass is 9.94. The van der Waals surface area contributed by atoms with Crippen molar-refractivity contribution in [2.75, 3.05) is 20.8 Å². The Morgan fingerprint density at radius 3 is 2.29 bits per heavy atom. The summed E-state index contributed by atoms with van der Waals surface area (Å²) in [6.45, 7) is 3.80. The molecule has 0 bridgehead atoms. The van der Waals surface area contributed by atoms with E-state index in [9.17, 15) is 9.59 Å². The van der Waals surface area contributed by atoms with Gasteiger partial charge in [0.2, 0.25) is 5.75 Å². The average Bonchev–Trinajstić information content (AvgIpc) is 3.06. The first kappa shape index (κ1) is 25.1. The predicted octanol–water partition coefficient (Wildman–Crippen LogP) is 6.17. The second kappa shape index (κ2) is 10.7. The number of Topliss-reactive ketones (excluding diaryl/α,β-unsaturated/α-hetero) is 1. The number of ketones is 1. The zero-order chi connectivity index (χ0) is 25.0. The number of esters is 1. The van der Waals surface area contributed by atoms with Crippen LogP contribution in [0.4, 0.5) is 0 Å². The maximum atomic E-state index is 13.1. The molecule has 2 aromatic carbocycles. The van der Waals surface area contributed by atoms with Gasteiger partial charge in [0.15, 0.2) is 17.3 Å². The number of fused-ring (bicyclic) bond motifs is 1. The van der Waals surface area contributed by atoms with Crippen LogP contribution >= 0.6 is 0 Å². The highest BCUT2D eigenvalue weighted by Crippen LogP contribution is 2.47. The summed E-state index contributed by atoms with van der Waals surface area (Å²) in [5.41, 5.74) is 2.66. The fourth-order valence-corrected chi connectivity index (χ4v) is 4.98. The summed E-state index contributed by atoms with van der Waals surface area (Å²) >= 11 is 0. The molecule has 6 heteroatoms. The van der Waals surface area contributed by atoms with Crippen LogP contribution in [0.2, 0.25) is 0 Å². The van der Waals surface area contributed by atoms with Gasteiger partial charge in [-0.1, -0.05) is 31.0 Å². The number of benzene rings is 2. The number of carbonyl (C=O) groups is 2. The molecule has 2 aliphatic carbocycles. The molecule has 0 aromatic heterocycles. The van der Waals surface area contributed by atoms with E-state index in [0.29, 0.717) is 30.1 Å². The topological polar surface area (TPSA) is 71.1 Å². The molecular weight excluding hydrogens is 444 g/mol. The van der Waals surface area contributed by atoms with Gasteiger partial charge in [-0.3, -0.25) is 9.59 Å². The van der Waals surface area contributed by atoms with Crippen LogP contribution in [0, 0.1) is 5.41 Å². The summed E-state index contributed by atoms with van der Waals surface area (Å²) in [4.78, 5) is 25.4. The maximum absolute atomic E-state index is 13.1. The highest BCUT2D eigenvalue weighted by Gasteiger charge is 2.34. The maximum Gasteiger partial charge on any atom is 0.315 e. The first-order chi connectivity index (χ1) is 16.9. The number of rotatable bonds is 8. The molecule has 0 amide bonds. The lowest BCUT2D eigenvalue weighted by Crippen LogP contribution is -2.35. The van der Waals surface area contributed by atoms with E-state index in [2.05, 4.69) is 0 Å². The van der Waals surface area contributed by atoms with Crippen molar-refractivity contribution in [1.82, 2.24) is 0 Å². The Labute approximate surface area is 207 Å². The second-order valence-corrected chi connectivity index (χ2v) is 10.1. The number of carbonyl (C=O) groups excluding carboxylic acids is 2. The van der Waals surface area contributed by atoms with Gasteiger partial charge >= 0.3 is 5.97 Å². The van der Waals surface area contributed by atoms with Crippen molar-refractivity contribution in [3.63, 3.8) is 0 Å². The molecule has 0 unspecified atom stereocenters. The summed E-state index contributed by atoms with van der Waals surface area (Å²) < 4.78 is 23.5. The highest BCUT2D eigenvalue weighted by molar-refractivity contribution is 6.02. The van der Waals surface area contributed by atoms with E-state index in [-0.39, 0.29) is 24.5 Å². The van der Waals surface area contributed by atoms with Crippen molar-refractivity contribution >= 4 is 11.8 Å². The van der Waals surface area contributed by atoms with Crippen LogP contribution in [0.5, 0.6) is 17.2 Å². The minimum atomic E-state index is -0.855. The molecule has 0 saturated heterocycles. The number of hydrogen-bond acceptors (Lipinski definition) is 6. The van der Waals surface area contributed by atoms with E-state index < -0.39 is 5.41 Å². The Morgan fingerprint density at radius 1 is 0.886 bits per heavy atom. The zero-order valence-corrected chi connectivity index (χ0v) is 21.3. The second-order valence-electron chi connectivity index (χ2n) is 10.1. The highest BCUT2D eigenvalue weighted by atomic mass is 16.6. The number of methoxy groups -OCH3 is 2.